The van der Waals surface area contributed by atoms with Crippen LogP contribution in [0.25, 0.3) is 0 Å². The average molecular weight is 487 g/mol. The Kier molecular flexibility index (Phi) is 9.38. The Morgan fingerprint density at radius 3 is 2.06 bits per heavy atom. The van der Waals surface area contributed by atoms with Crippen molar-refractivity contribution in [3.8, 4) is 11.5 Å². The summed E-state index contributed by atoms with van der Waals surface area (Å²) in [5.41, 5.74) is 14.6. The van der Waals surface area contributed by atoms with Crippen molar-refractivity contribution in [3.63, 3.8) is 0 Å². The van der Waals surface area contributed by atoms with Gasteiger partial charge in [-0.1, -0.05) is 63.4 Å². The van der Waals surface area contributed by atoms with Gasteiger partial charge in [-0.3, -0.25) is 5.41 Å². The summed E-state index contributed by atoms with van der Waals surface area (Å²) in [6, 6.07) is 7.78. The van der Waals surface area contributed by atoms with E-state index in [0.717, 1.165) is 53.2 Å². The summed E-state index contributed by atoms with van der Waals surface area (Å²) in [5.74, 6) is 1.76. The number of fused-ring (bicyclic) bond motifs is 1. The van der Waals surface area contributed by atoms with E-state index in [0.29, 0.717) is 47.4 Å². The fourth-order valence-corrected chi connectivity index (χ4v) is 5.64. The van der Waals surface area contributed by atoms with Gasteiger partial charge in [0.25, 0.3) is 0 Å². The lowest BCUT2D eigenvalue weighted by molar-refractivity contribution is 0.284. The molecule has 0 spiro atoms. The van der Waals surface area contributed by atoms with Crippen molar-refractivity contribution in [2.24, 2.45) is 10.7 Å². The normalized spacial score (nSPS) is 12.6. The van der Waals surface area contributed by atoms with E-state index in [1.54, 1.807) is 23.5 Å². The molecule has 0 saturated carbocycles. The molecule has 0 unspecified atom stereocenters. The Bertz CT molecular complexity index is 1020. The highest BCUT2D eigenvalue weighted by molar-refractivity contribution is 8.02. The first kappa shape index (κ1) is 25.3. The van der Waals surface area contributed by atoms with Gasteiger partial charge in [0.2, 0.25) is 0 Å². The Balaban J connectivity index is 2.15. The van der Waals surface area contributed by atoms with Gasteiger partial charge in [0.1, 0.15) is 17.3 Å². The fraction of sp³-hybridized carbons (Fsp3) is 0.440. The minimum atomic E-state index is 0.113. The molecule has 0 bridgehead atoms. The molecule has 0 atom stereocenters. The van der Waals surface area contributed by atoms with Gasteiger partial charge in [0.05, 0.1) is 34.1 Å². The highest BCUT2D eigenvalue weighted by Crippen LogP contribution is 2.52. The first-order valence-corrected chi connectivity index (χ1v) is 13.6. The summed E-state index contributed by atoms with van der Waals surface area (Å²) in [6.07, 6.45) is 8.32. The van der Waals surface area contributed by atoms with Gasteiger partial charge in [-0.05, 0) is 31.2 Å². The van der Waals surface area contributed by atoms with Gasteiger partial charge in [-0.15, -0.1) is 11.8 Å². The van der Waals surface area contributed by atoms with Crippen LogP contribution < -0.4 is 20.9 Å². The zero-order chi connectivity index (χ0) is 23.8. The van der Waals surface area contributed by atoms with Crippen molar-refractivity contribution in [1.82, 2.24) is 0 Å². The number of nitrogen functional groups attached to an aromatic ring is 1. The largest absolute Gasteiger partial charge is 0.492 e. The van der Waals surface area contributed by atoms with Crippen molar-refractivity contribution in [2.45, 2.75) is 67.1 Å². The third kappa shape index (κ3) is 5.79. The number of anilines is 1. The summed E-state index contributed by atoms with van der Waals surface area (Å²) in [4.78, 5) is 7.06. The molecule has 5 N–H and O–H groups in total. The molecule has 2 aromatic carbocycles. The maximum atomic E-state index is 8.56. The summed E-state index contributed by atoms with van der Waals surface area (Å²) in [6.45, 7) is 5.48. The summed E-state index contributed by atoms with van der Waals surface area (Å²) >= 11 is 3.13. The molecule has 0 fully saturated rings. The molecular formula is C25H34N4O2S2. The zero-order valence-corrected chi connectivity index (χ0v) is 21.3. The molecule has 1 aliphatic heterocycles. The Labute approximate surface area is 205 Å². The summed E-state index contributed by atoms with van der Waals surface area (Å²) in [5, 5.41) is 8.56. The molecule has 0 saturated heterocycles. The van der Waals surface area contributed by atoms with Crippen LogP contribution in [-0.4, -0.2) is 31.1 Å². The summed E-state index contributed by atoms with van der Waals surface area (Å²) < 4.78 is 12.7. The van der Waals surface area contributed by atoms with Crippen molar-refractivity contribution >= 4 is 40.9 Å². The number of nitrogens with zero attached hydrogens (tertiary/aromatic N) is 1. The maximum absolute atomic E-state index is 8.56. The second-order valence-corrected chi connectivity index (χ2v) is 9.74. The standard InChI is InChI=1S/C25H34N4O2S2/c1-4-6-10-14-30-20-18-19(25(28)29-24(18)27)21(31-15-11-7-5-2)23(22(20)32-3)33-17-13-9-8-12-16(17)26/h8-9,12-13H,4-7,10-11,14-15,26H2,1-3H3,(H3,27,28,29). The van der Waals surface area contributed by atoms with Crippen LogP contribution in [0.4, 0.5) is 5.69 Å². The number of thioether (sulfide) groups is 1. The number of ether oxygens (including phenoxy) is 2. The number of rotatable bonds is 13. The van der Waals surface area contributed by atoms with E-state index in [1.807, 2.05) is 30.5 Å². The first-order valence-electron chi connectivity index (χ1n) is 11.5. The quantitative estimate of drug-likeness (QED) is 0.174. The number of hydrogen-bond donors (Lipinski definition) is 3. The van der Waals surface area contributed by atoms with Gasteiger partial charge < -0.3 is 20.9 Å². The number of aliphatic imine (C=N–C) groups is 1. The third-order valence-electron chi connectivity index (χ3n) is 5.37. The molecule has 1 aliphatic rings. The van der Waals surface area contributed by atoms with E-state index < -0.39 is 0 Å². The number of para-hydroxylation sites is 1. The highest BCUT2D eigenvalue weighted by Gasteiger charge is 2.34. The minimum absolute atomic E-state index is 0.113. The molecular weight excluding hydrogens is 452 g/mol. The average Bonchev–Trinajstić information content (AvgIpc) is 3.10. The lowest BCUT2D eigenvalue weighted by Gasteiger charge is -2.23. The van der Waals surface area contributed by atoms with Gasteiger partial charge in [0, 0.05) is 10.6 Å². The molecule has 0 aliphatic carbocycles. The van der Waals surface area contributed by atoms with Crippen molar-refractivity contribution < 1.29 is 9.47 Å². The fourth-order valence-electron chi connectivity index (χ4n) is 3.65. The van der Waals surface area contributed by atoms with Gasteiger partial charge in [-0.2, -0.15) is 0 Å². The molecule has 2 aromatic rings. The molecule has 3 rings (SSSR count). The van der Waals surface area contributed by atoms with Gasteiger partial charge >= 0.3 is 0 Å². The SMILES string of the molecule is CCCCCOc1c(Sc2ccccc2N)c(SC)c(OCCCCC)c2c1C(=N)N=C2N. The molecule has 0 aromatic heterocycles. The van der Waals surface area contributed by atoms with Crippen LogP contribution in [0.1, 0.15) is 63.5 Å². The van der Waals surface area contributed by atoms with Crippen LogP contribution in [0.5, 0.6) is 11.5 Å². The topological polar surface area (TPSA) is 107 Å². The van der Waals surface area contributed by atoms with Crippen LogP contribution in [0.3, 0.4) is 0 Å². The Morgan fingerprint density at radius 1 is 0.879 bits per heavy atom. The van der Waals surface area contributed by atoms with Gasteiger partial charge in [0.15, 0.2) is 5.84 Å². The summed E-state index contributed by atoms with van der Waals surface area (Å²) in [7, 11) is 0. The van der Waals surface area contributed by atoms with Crippen molar-refractivity contribution in [3.05, 3.63) is 35.4 Å². The maximum Gasteiger partial charge on any atom is 0.158 e. The molecule has 1 heterocycles. The minimum Gasteiger partial charge on any atom is -0.492 e. The zero-order valence-electron chi connectivity index (χ0n) is 19.7. The number of benzene rings is 2. The molecule has 0 radical (unpaired) electrons. The van der Waals surface area contributed by atoms with Gasteiger partial charge in [-0.25, -0.2) is 4.99 Å². The van der Waals surface area contributed by atoms with Crippen LogP contribution in [0.15, 0.2) is 43.9 Å². The Morgan fingerprint density at radius 2 is 1.48 bits per heavy atom. The van der Waals surface area contributed by atoms with Crippen LogP contribution in [-0.2, 0) is 0 Å². The Hall–Kier alpha value is -2.32. The predicted octanol–water partition coefficient (Wildman–Crippen LogP) is 6.32. The molecule has 6 nitrogen and oxygen atoms in total. The number of nitrogens with one attached hydrogen (secondary N) is 1. The van der Waals surface area contributed by atoms with E-state index in [9.17, 15) is 0 Å². The second kappa shape index (κ2) is 12.2. The molecule has 33 heavy (non-hydrogen) atoms. The van der Waals surface area contributed by atoms with Crippen LogP contribution in [0.2, 0.25) is 0 Å². The molecule has 8 heteroatoms. The number of hydrogen-bond acceptors (Lipinski definition) is 7. The monoisotopic (exact) mass is 486 g/mol. The number of unbranched alkanes of at least 4 members (excludes halogenated alkanes) is 4. The van der Waals surface area contributed by atoms with Crippen molar-refractivity contribution in [1.29, 1.82) is 5.41 Å². The lowest BCUT2D eigenvalue weighted by Crippen LogP contribution is -2.15. The van der Waals surface area contributed by atoms with E-state index in [2.05, 4.69) is 18.8 Å². The first-order chi connectivity index (χ1) is 16.0. The van der Waals surface area contributed by atoms with Crippen LogP contribution in [0, 0.1) is 5.41 Å². The number of nitrogens with two attached hydrogens (primary N) is 2. The second-order valence-electron chi connectivity index (χ2n) is 7.87. The smallest absolute Gasteiger partial charge is 0.158 e. The lowest BCUT2D eigenvalue weighted by atomic mass is 10.1. The van der Waals surface area contributed by atoms with E-state index in [1.165, 1.54) is 0 Å². The van der Waals surface area contributed by atoms with E-state index >= 15 is 0 Å². The van der Waals surface area contributed by atoms with E-state index in [-0.39, 0.29) is 5.84 Å². The highest BCUT2D eigenvalue weighted by atomic mass is 32.2. The van der Waals surface area contributed by atoms with E-state index in [4.69, 9.17) is 26.4 Å². The number of amidine groups is 2. The third-order valence-corrected chi connectivity index (χ3v) is 7.48. The predicted molar refractivity (Wildman–Crippen MR) is 141 cm³/mol. The van der Waals surface area contributed by atoms with Crippen LogP contribution >= 0.6 is 23.5 Å². The van der Waals surface area contributed by atoms with Crippen molar-refractivity contribution in [2.75, 3.05) is 25.2 Å². The molecule has 178 valence electrons. The molecule has 0 amide bonds.